The molecule has 0 aliphatic carbocycles. The molecule has 24 heavy (non-hydrogen) atoms. The second-order valence-electron chi connectivity index (χ2n) is 5.98. The van der Waals surface area contributed by atoms with Crippen LogP contribution in [0, 0.1) is 0 Å². The third kappa shape index (κ3) is 3.45. The zero-order valence-corrected chi connectivity index (χ0v) is 13.8. The third-order valence-corrected chi connectivity index (χ3v) is 4.32. The lowest BCUT2D eigenvalue weighted by molar-refractivity contribution is 0.0718. The Morgan fingerprint density at radius 1 is 1.04 bits per heavy atom. The minimum absolute atomic E-state index is 0.0910. The quantitative estimate of drug-likeness (QED) is 0.872. The summed E-state index contributed by atoms with van der Waals surface area (Å²) in [7, 11) is 1.73. The minimum Gasteiger partial charge on any atom is -0.337 e. The van der Waals surface area contributed by atoms with Crippen molar-refractivity contribution in [1.29, 1.82) is 0 Å². The number of amides is 2. The topological polar surface area (TPSA) is 53.5 Å². The van der Waals surface area contributed by atoms with Gasteiger partial charge in [-0.3, -0.25) is 14.6 Å². The lowest BCUT2D eigenvalue weighted by atomic mass is 10.1. The normalized spacial score (nSPS) is 14.3. The molecule has 1 fully saturated rings. The van der Waals surface area contributed by atoms with Crippen LogP contribution < -0.4 is 4.90 Å². The van der Waals surface area contributed by atoms with Crippen molar-refractivity contribution in [3.8, 4) is 0 Å². The number of anilines is 1. The number of aromatic nitrogens is 1. The first-order valence-corrected chi connectivity index (χ1v) is 8.25. The molecule has 2 amide bonds. The average molecular weight is 323 g/mol. The van der Waals surface area contributed by atoms with Gasteiger partial charge in [0.05, 0.1) is 0 Å². The van der Waals surface area contributed by atoms with Crippen LogP contribution in [0.1, 0.15) is 40.1 Å². The molecular weight excluding hydrogens is 302 g/mol. The molecule has 0 saturated carbocycles. The average Bonchev–Trinajstić information content (AvgIpc) is 2.67. The standard InChI is InChI=1S/C19H21N3O2/c1-21(16-8-4-2-5-9-16)18(23)15-10-11-20-17(14-15)19(24)22-12-6-3-7-13-22/h2,4-5,8-11,14H,3,6-7,12-13H2,1H3. The molecule has 0 N–H and O–H groups in total. The smallest absolute Gasteiger partial charge is 0.272 e. The lowest BCUT2D eigenvalue weighted by Crippen LogP contribution is -2.36. The van der Waals surface area contributed by atoms with Crippen LogP contribution >= 0.6 is 0 Å². The van der Waals surface area contributed by atoms with Crippen LogP contribution in [0.3, 0.4) is 0 Å². The van der Waals surface area contributed by atoms with Gasteiger partial charge in [-0.1, -0.05) is 18.2 Å². The highest BCUT2D eigenvalue weighted by Gasteiger charge is 2.21. The highest BCUT2D eigenvalue weighted by atomic mass is 16.2. The van der Waals surface area contributed by atoms with E-state index in [1.165, 1.54) is 6.20 Å². The van der Waals surface area contributed by atoms with Crippen molar-refractivity contribution in [1.82, 2.24) is 9.88 Å². The van der Waals surface area contributed by atoms with E-state index >= 15 is 0 Å². The zero-order valence-electron chi connectivity index (χ0n) is 13.8. The fourth-order valence-electron chi connectivity index (χ4n) is 2.90. The Bertz CT molecular complexity index is 724. The summed E-state index contributed by atoms with van der Waals surface area (Å²) in [6.45, 7) is 1.53. The van der Waals surface area contributed by atoms with Gasteiger partial charge in [-0.2, -0.15) is 0 Å². The first-order valence-electron chi connectivity index (χ1n) is 8.25. The van der Waals surface area contributed by atoms with Crippen LogP contribution in [0.4, 0.5) is 5.69 Å². The van der Waals surface area contributed by atoms with E-state index in [4.69, 9.17) is 0 Å². The van der Waals surface area contributed by atoms with Crippen LogP contribution in [0.15, 0.2) is 48.7 Å². The number of rotatable bonds is 3. The van der Waals surface area contributed by atoms with Crippen molar-refractivity contribution in [2.45, 2.75) is 19.3 Å². The second kappa shape index (κ2) is 7.25. The molecule has 0 radical (unpaired) electrons. The van der Waals surface area contributed by atoms with Gasteiger partial charge >= 0.3 is 0 Å². The van der Waals surface area contributed by atoms with Crippen LogP contribution in [-0.2, 0) is 0 Å². The summed E-state index contributed by atoms with van der Waals surface area (Å²) >= 11 is 0. The molecule has 0 spiro atoms. The summed E-state index contributed by atoms with van der Waals surface area (Å²) in [5.74, 6) is -0.247. The third-order valence-electron chi connectivity index (χ3n) is 4.32. The summed E-state index contributed by atoms with van der Waals surface area (Å²) < 4.78 is 0. The number of carbonyl (C=O) groups excluding carboxylic acids is 2. The second-order valence-corrected chi connectivity index (χ2v) is 5.98. The van der Waals surface area contributed by atoms with Gasteiger partial charge in [0.15, 0.2) is 0 Å². The molecule has 1 aliphatic rings. The van der Waals surface area contributed by atoms with Gasteiger partial charge < -0.3 is 9.80 Å². The molecule has 124 valence electrons. The number of carbonyl (C=O) groups is 2. The number of nitrogens with zero attached hydrogens (tertiary/aromatic N) is 3. The van der Waals surface area contributed by atoms with Crippen molar-refractivity contribution in [2.75, 3.05) is 25.0 Å². The number of hydrogen-bond donors (Lipinski definition) is 0. The van der Waals surface area contributed by atoms with E-state index < -0.39 is 0 Å². The Hall–Kier alpha value is -2.69. The summed E-state index contributed by atoms with van der Waals surface area (Å²) in [6, 6.07) is 12.7. The van der Waals surface area contributed by atoms with Crippen LogP contribution in [0.2, 0.25) is 0 Å². The Morgan fingerprint density at radius 3 is 2.46 bits per heavy atom. The van der Waals surface area contributed by atoms with Crippen LogP contribution in [-0.4, -0.2) is 41.8 Å². The van der Waals surface area contributed by atoms with E-state index in [2.05, 4.69) is 4.98 Å². The molecule has 0 unspecified atom stereocenters. The maximum absolute atomic E-state index is 12.7. The maximum Gasteiger partial charge on any atom is 0.272 e. The Morgan fingerprint density at radius 2 is 1.75 bits per heavy atom. The van der Waals surface area contributed by atoms with E-state index in [1.54, 1.807) is 24.1 Å². The Labute approximate surface area is 141 Å². The summed E-state index contributed by atoms with van der Waals surface area (Å²) in [5.41, 5.74) is 1.61. The molecule has 1 aromatic heterocycles. The summed E-state index contributed by atoms with van der Waals surface area (Å²) in [4.78, 5) is 32.8. The molecule has 0 bridgehead atoms. The number of pyridine rings is 1. The first-order chi connectivity index (χ1) is 11.7. The van der Waals surface area contributed by atoms with Crippen molar-refractivity contribution >= 4 is 17.5 Å². The van der Waals surface area contributed by atoms with E-state index in [-0.39, 0.29) is 11.8 Å². The minimum atomic E-state index is -0.156. The fraction of sp³-hybridized carbons (Fsp3) is 0.316. The van der Waals surface area contributed by atoms with Gasteiger partial charge in [-0.25, -0.2) is 0 Å². The van der Waals surface area contributed by atoms with Crippen molar-refractivity contribution in [2.24, 2.45) is 0 Å². The molecule has 1 aliphatic heterocycles. The molecule has 0 atom stereocenters. The van der Waals surface area contributed by atoms with Crippen molar-refractivity contribution in [3.63, 3.8) is 0 Å². The number of hydrogen-bond acceptors (Lipinski definition) is 3. The van der Waals surface area contributed by atoms with Crippen molar-refractivity contribution in [3.05, 3.63) is 59.9 Å². The van der Waals surface area contributed by atoms with Gasteiger partial charge in [-0.15, -0.1) is 0 Å². The molecule has 1 aromatic carbocycles. The summed E-state index contributed by atoms with van der Waals surface area (Å²) in [6.07, 6.45) is 4.75. The van der Waals surface area contributed by atoms with E-state index in [0.29, 0.717) is 11.3 Å². The van der Waals surface area contributed by atoms with E-state index in [1.807, 2.05) is 35.2 Å². The fourth-order valence-corrected chi connectivity index (χ4v) is 2.90. The molecule has 3 rings (SSSR count). The molecule has 2 aromatic rings. The van der Waals surface area contributed by atoms with Gasteiger partial charge in [0, 0.05) is 37.6 Å². The van der Waals surface area contributed by atoms with Gasteiger partial charge in [0.1, 0.15) is 5.69 Å². The van der Waals surface area contributed by atoms with Crippen LogP contribution in [0.25, 0.3) is 0 Å². The SMILES string of the molecule is CN(C(=O)c1ccnc(C(=O)N2CCCCC2)c1)c1ccccc1. The van der Waals surface area contributed by atoms with Gasteiger partial charge in [0.2, 0.25) is 0 Å². The van der Waals surface area contributed by atoms with Gasteiger partial charge in [-0.05, 0) is 43.5 Å². The number of piperidine rings is 1. The number of likely N-dealkylation sites (tertiary alicyclic amines) is 1. The predicted molar refractivity (Wildman–Crippen MR) is 93.2 cm³/mol. The van der Waals surface area contributed by atoms with E-state index in [9.17, 15) is 9.59 Å². The molecule has 1 saturated heterocycles. The molecule has 5 heteroatoms. The van der Waals surface area contributed by atoms with Crippen LogP contribution in [0.5, 0.6) is 0 Å². The first kappa shape index (κ1) is 16.2. The maximum atomic E-state index is 12.7. The van der Waals surface area contributed by atoms with Crippen molar-refractivity contribution < 1.29 is 9.59 Å². The highest BCUT2D eigenvalue weighted by molar-refractivity contribution is 6.06. The largest absolute Gasteiger partial charge is 0.337 e. The highest BCUT2D eigenvalue weighted by Crippen LogP contribution is 2.16. The molecular formula is C19H21N3O2. The van der Waals surface area contributed by atoms with Gasteiger partial charge in [0.25, 0.3) is 11.8 Å². The summed E-state index contributed by atoms with van der Waals surface area (Å²) in [5, 5.41) is 0. The molecule has 2 heterocycles. The predicted octanol–water partition coefficient (Wildman–Crippen LogP) is 2.98. The monoisotopic (exact) mass is 323 g/mol. The van der Waals surface area contributed by atoms with E-state index in [0.717, 1.165) is 38.0 Å². The lowest BCUT2D eigenvalue weighted by Gasteiger charge is -2.26. The number of para-hydroxylation sites is 1. The Balaban J connectivity index is 1.79. The zero-order chi connectivity index (χ0) is 16.9. The number of benzene rings is 1. The molecule has 5 nitrogen and oxygen atoms in total. The Kier molecular flexibility index (Phi) is 4.89.